The molecule has 0 spiro atoms. The van der Waals surface area contributed by atoms with E-state index in [4.69, 9.17) is 0 Å². The maximum Gasteiger partial charge on any atom is 0.0464 e. The standard InChI is InChI=1S/C44H29N/c1-2-10-29(11-3-1)42-27-32(31-20-23-36-33(26-31)19-18-30-12-4-5-13-35(30)36)21-25-44(42)45-34-22-24-41-39-16-7-6-14-37(39)38-15-8-9-17-40(38)43(41)28-34/h1-28,45H. The minimum absolute atomic E-state index is 1.07. The maximum absolute atomic E-state index is 3.80. The topological polar surface area (TPSA) is 12.0 Å². The van der Waals surface area contributed by atoms with Crippen molar-refractivity contribution in [3.63, 3.8) is 0 Å². The fourth-order valence-corrected chi connectivity index (χ4v) is 7.02. The van der Waals surface area contributed by atoms with Gasteiger partial charge in [-0.1, -0.05) is 140 Å². The third kappa shape index (κ3) is 4.32. The number of fused-ring (bicyclic) bond motifs is 9. The summed E-state index contributed by atoms with van der Waals surface area (Å²) in [5.41, 5.74) is 6.93. The summed E-state index contributed by atoms with van der Waals surface area (Å²) < 4.78 is 0. The van der Waals surface area contributed by atoms with Gasteiger partial charge in [0, 0.05) is 16.9 Å². The van der Waals surface area contributed by atoms with E-state index in [0.717, 1.165) is 11.4 Å². The first-order valence-corrected chi connectivity index (χ1v) is 15.5. The van der Waals surface area contributed by atoms with Gasteiger partial charge >= 0.3 is 0 Å². The van der Waals surface area contributed by atoms with Crippen LogP contribution >= 0.6 is 0 Å². The number of benzene rings is 9. The van der Waals surface area contributed by atoms with Gasteiger partial charge in [0.15, 0.2) is 0 Å². The normalized spacial score (nSPS) is 11.6. The van der Waals surface area contributed by atoms with Gasteiger partial charge in [-0.3, -0.25) is 0 Å². The fourth-order valence-electron chi connectivity index (χ4n) is 7.02. The Labute approximate surface area is 262 Å². The summed E-state index contributed by atoms with van der Waals surface area (Å²) in [6.07, 6.45) is 0. The zero-order valence-corrected chi connectivity index (χ0v) is 24.7. The molecule has 0 fully saturated rings. The summed E-state index contributed by atoms with van der Waals surface area (Å²) in [4.78, 5) is 0. The molecule has 9 aromatic rings. The molecule has 1 heteroatoms. The molecule has 0 heterocycles. The van der Waals surface area contributed by atoms with Gasteiger partial charge < -0.3 is 5.32 Å². The molecule has 0 saturated carbocycles. The van der Waals surface area contributed by atoms with Crippen molar-refractivity contribution in [2.24, 2.45) is 0 Å². The molecule has 45 heavy (non-hydrogen) atoms. The first-order chi connectivity index (χ1) is 22.3. The van der Waals surface area contributed by atoms with Gasteiger partial charge in [0.1, 0.15) is 0 Å². The minimum atomic E-state index is 1.07. The monoisotopic (exact) mass is 571 g/mol. The van der Waals surface area contributed by atoms with Gasteiger partial charge in [0.25, 0.3) is 0 Å². The Kier molecular flexibility index (Phi) is 5.89. The Morgan fingerprint density at radius 3 is 1.58 bits per heavy atom. The zero-order chi connectivity index (χ0) is 29.7. The molecule has 0 aliphatic heterocycles. The van der Waals surface area contributed by atoms with Gasteiger partial charge in [-0.25, -0.2) is 0 Å². The van der Waals surface area contributed by atoms with E-state index in [1.165, 1.54) is 76.1 Å². The van der Waals surface area contributed by atoms with Gasteiger partial charge in [-0.2, -0.15) is 0 Å². The second kappa shape index (κ2) is 10.4. The highest BCUT2D eigenvalue weighted by molar-refractivity contribution is 6.25. The lowest BCUT2D eigenvalue weighted by molar-refractivity contribution is 1.54. The molecule has 0 unspecified atom stereocenters. The second-order valence-electron chi connectivity index (χ2n) is 11.8. The molecule has 0 bridgehead atoms. The van der Waals surface area contributed by atoms with Crippen LogP contribution in [0.25, 0.3) is 76.1 Å². The summed E-state index contributed by atoms with van der Waals surface area (Å²) in [7, 11) is 0. The summed E-state index contributed by atoms with van der Waals surface area (Å²) in [5.74, 6) is 0. The molecule has 0 radical (unpaired) electrons. The number of rotatable bonds is 4. The van der Waals surface area contributed by atoms with E-state index in [1.54, 1.807) is 0 Å². The third-order valence-electron chi connectivity index (χ3n) is 9.21. The number of hydrogen-bond acceptors (Lipinski definition) is 1. The van der Waals surface area contributed by atoms with Crippen molar-refractivity contribution >= 4 is 65.2 Å². The highest BCUT2D eigenvalue weighted by Gasteiger charge is 2.12. The summed E-state index contributed by atoms with van der Waals surface area (Å²) >= 11 is 0. The van der Waals surface area contributed by atoms with Crippen LogP contribution in [-0.4, -0.2) is 0 Å². The number of anilines is 2. The van der Waals surface area contributed by atoms with Crippen molar-refractivity contribution in [2.45, 2.75) is 0 Å². The Bertz CT molecular complexity index is 2530. The predicted octanol–water partition coefficient (Wildman–Crippen LogP) is 12.5. The van der Waals surface area contributed by atoms with Crippen molar-refractivity contribution < 1.29 is 0 Å². The van der Waals surface area contributed by atoms with E-state index in [2.05, 4.69) is 175 Å². The number of nitrogens with one attached hydrogen (secondary N) is 1. The van der Waals surface area contributed by atoms with Crippen LogP contribution in [0.5, 0.6) is 0 Å². The smallest absolute Gasteiger partial charge is 0.0464 e. The average molecular weight is 572 g/mol. The third-order valence-corrected chi connectivity index (χ3v) is 9.21. The highest BCUT2D eigenvalue weighted by atomic mass is 14.9. The SMILES string of the molecule is c1ccc(-c2cc(-c3ccc4c(ccc5ccccc54)c3)ccc2Nc2ccc3c4ccccc4c4ccccc4c3c2)cc1. The van der Waals surface area contributed by atoms with E-state index in [0.29, 0.717) is 0 Å². The molecule has 0 aromatic heterocycles. The van der Waals surface area contributed by atoms with Crippen LogP contribution in [0, 0.1) is 0 Å². The molecular formula is C44H29N. The first kappa shape index (κ1) is 25.6. The molecule has 9 aromatic carbocycles. The van der Waals surface area contributed by atoms with Crippen LogP contribution in [0.15, 0.2) is 170 Å². The lowest BCUT2D eigenvalue weighted by Crippen LogP contribution is -1.95. The van der Waals surface area contributed by atoms with Crippen molar-refractivity contribution in [2.75, 3.05) is 5.32 Å². The maximum atomic E-state index is 3.80. The van der Waals surface area contributed by atoms with E-state index >= 15 is 0 Å². The molecule has 1 N–H and O–H groups in total. The molecule has 1 nitrogen and oxygen atoms in total. The summed E-state index contributed by atoms with van der Waals surface area (Å²) in [5, 5.41) is 16.6. The molecule has 0 aliphatic rings. The van der Waals surface area contributed by atoms with Crippen LogP contribution in [0.1, 0.15) is 0 Å². The van der Waals surface area contributed by atoms with E-state index in [1.807, 2.05) is 0 Å². The van der Waals surface area contributed by atoms with Crippen LogP contribution in [0.3, 0.4) is 0 Å². The predicted molar refractivity (Wildman–Crippen MR) is 195 cm³/mol. The Morgan fingerprint density at radius 1 is 0.289 bits per heavy atom. The van der Waals surface area contributed by atoms with Crippen LogP contribution in [0.2, 0.25) is 0 Å². The fraction of sp³-hybridized carbons (Fsp3) is 0. The van der Waals surface area contributed by atoms with Crippen molar-refractivity contribution in [3.8, 4) is 22.3 Å². The molecule has 0 amide bonds. The first-order valence-electron chi connectivity index (χ1n) is 15.5. The summed E-state index contributed by atoms with van der Waals surface area (Å²) in [6.45, 7) is 0. The molecule has 210 valence electrons. The van der Waals surface area contributed by atoms with Gasteiger partial charge in [-0.15, -0.1) is 0 Å². The van der Waals surface area contributed by atoms with Crippen molar-refractivity contribution in [1.29, 1.82) is 0 Å². The zero-order valence-electron chi connectivity index (χ0n) is 24.7. The largest absolute Gasteiger partial charge is 0.355 e. The molecule has 9 rings (SSSR count). The van der Waals surface area contributed by atoms with Crippen LogP contribution in [-0.2, 0) is 0 Å². The Hall–Kier alpha value is -5.92. The van der Waals surface area contributed by atoms with E-state index in [9.17, 15) is 0 Å². The van der Waals surface area contributed by atoms with Crippen molar-refractivity contribution in [1.82, 2.24) is 0 Å². The lowest BCUT2D eigenvalue weighted by atomic mass is 9.93. The Morgan fingerprint density at radius 2 is 0.822 bits per heavy atom. The lowest BCUT2D eigenvalue weighted by Gasteiger charge is -2.17. The van der Waals surface area contributed by atoms with Crippen LogP contribution in [0.4, 0.5) is 11.4 Å². The average Bonchev–Trinajstić information content (AvgIpc) is 3.12. The minimum Gasteiger partial charge on any atom is -0.355 e. The van der Waals surface area contributed by atoms with Gasteiger partial charge in [0.05, 0.1) is 0 Å². The second-order valence-corrected chi connectivity index (χ2v) is 11.8. The highest BCUT2D eigenvalue weighted by Crippen LogP contribution is 2.39. The van der Waals surface area contributed by atoms with Crippen LogP contribution < -0.4 is 5.32 Å². The molecule has 0 aliphatic carbocycles. The number of hydrogen-bond donors (Lipinski definition) is 1. The van der Waals surface area contributed by atoms with Crippen molar-refractivity contribution in [3.05, 3.63) is 170 Å². The van der Waals surface area contributed by atoms with E-state index < -0.39 is 0 Å². The molecular weight excluding hydrogens is 542 g/mol. The van der Waals surface area contributed by atoms with Gasteiger partial charge in [0.2, 0.25) is 0 Å². The quantitative estimate of drug-likeness (QED) is 0.207. The van der Waals surface area contributed by atoms with Gasteiger partial charge in [-0.05, 0) is 101 Å². The Balaban J connectivity index is 1.17. The summed E-state index contributed by atoms with van der Waals surface area (Å²) in [6, 6.07) is 61.6. The molecule has 0 atom stereocenters. The van der Waals surface area contributed by atoms with E-state index in [-0.39, 0.29) is 0 Å². The molecule has 0 saturated heterocycles.